The molecule has 1 heterocycles. The van der Waals surface area contributed by atoms with Crippen LogP contribution in [0.1, 0.15) is 26.7 Å². The minimum Gasteiger partial charge on any atom is -0.373 e. The quantitative estimate of drug-likeness (QED) is 0.493. The Morgan fingerprint density at radius 1 is 1.38 bits per heavy atom. The van der Waals surface area contributed by atoms with Crippen molar-refractivity contribution < 1.29 is 19.1 Å². The zero-order valence-corrected chi connectivity index (χ0v) is 9.62. The van der Waals surface area contributed by atoms with Gasteiger partial charge in [0.05, 0.1) is 25.7 Å². The molecule has 0 aromatic rings. The summed E-state index contributed by atoms with van der Waals surface area (Å²) in [5.74, 6) is -0.668. The number of Topliss-reactive ketones (excluding diaryl/α,β-unsaturated/α-hetero) is 2. The first-order valence-electron chi connectivity index (χ1n) is 5.41. The van der Waals surface area contributed by atoms with E-state index in [4.69, 9.17) is 4.74 Å². The molecule has 1 atom stereocenters. The first-order chi connectivity index (χ1) is 7.49. The van der Waals surface area contributed by atoms with Crippen LogP contribution in [0.5, 0.6) is 0 Å². The Balaban J connectivity index is 2.14. The number of amides is 1. The van der Waals surface area contributed by atoms with Gasteiger partial charge in [-0.05, 0) is 0 Å². The van der Waals surface area contributed by atoms with E-state index in [1.54, 1.807) is 13.8 Å². The molecule has 1 aliphatic rings. The molecule has 5 heteroatoms. The number of carbonyl (C=O) groups excluding carboxylic acids is 3. The zero-order valence-electron chi connectivity index (χ0n) is 9.62. The number of hydrogen-bond donors (Lipinski definition) is 1. The summed E-state index contributed by atoms with van der Waals surface area (Å²) in [4.78, 5) is 33.7. The van der Waals surface area contributed by atoms with Gasteiger partial charge in [-0.1, -0.05) is 13.8 Å². The molecule has 0 aromatic carbocycles. The number of rotatable bonds is 7. The molecule has 1 amide bonds. The lowest BCUT2D eigenvalue weighted by Gasteiger charge is -2.05. The van der Waals surface area contributed by atoms with Crippen LogP contribution in [0.2, 0.25) is 0 Å². The van der Waals surface area contributed by atoms with Gasteiger partial charge in [-0.25, -0.2) is 0 Å². The molecule has 16 heavy (non-hydrogen) atoms. The maximum atomic E-state index is 11.3. The van der Waals surface area contributed by atoms with Crippen molar-refractivity contribution in [1.29, 1.82) is 0 Å². The molecule has 0 bridgehead atoms. The van der Waals surface area contributed by atoms with Crippen molar-refractivity contribution in [3.63, 3.8) is 0 Å². The third-order valence-corrected chi connectivity index (χ3v) is 2.32. The van der Waals surface area contributed by atoms with E-state index in [1.807, 2.05) is 0 Å². The number of carbonyl (C=O) groups is 3. The lowest BCUT2D eigenvalue weighted by atomic mass is 10.1. The van der Waals surface area contributed by atoms with Crippen LogP contribution >= 0.6 is 0 Å². The predicted octanol–water partition coefficient (Wildman–Crippen LogP) is 0.0758. The SMILES string of the molecule is CC(C)C(=O)CNC(=O)CC(=O)CC1CO1. The number of ketones is 2. The number of epoxide rings is 1. The van der Waals surface area contributed by atoms with Gasteiger partial charge in [-0.2, -0.15) is 0 Å². The van der Waals surface area contributed by atoms with Gasteiger partial charge >= 0.3 is 0 Å². The van der Waals surface area contributed by atoms with E-state index in [0.717, 1.165) is 0 Å². The largest absolute Gasteiger partial charge is 0.373 e. The fourth-order valence-electron chi connectivity index (χ4n) is 1.14. The van der Waals surface area contributed by atoms with Gasteiger partial charge in [0.1, 0.15) is 5.78 Å². The Morgan fingerprint density at radius 3 is 2.50 bits per heavy atom. The molecule has 1 rings (SSSR count). The molecule has 1 unspecified atom stereocenters. The maximum absolute atomic E-state index is 11.3. The average molecular weight is 227 g/mol. The molecule has 90 valence electrons. The van der Waals surface area contributed by atoms with Crippen molar-refractivity contribution in [2.24, 2.45) is 5.92 Å². The van der Waals surface area contributed by atoms with Crippen LogP contribution in [0.3, 0.4) is 0 Å². The second-order valence-corrected chi connectivity index (χ2v) is 4.27. The predicted molar refractivity (Wildman–Crippen MR) is 56.8 cm³/mol. The third kappa shape index (κ3) is 5.02. The summed E-state index contributed by atoms with van der Waals surface area (Å²) in [7, 11) is 0. The van der Waals surface area contributed by atoms with Gasteiger partial charge in [0, 0.05) is 12.3 Å². The fraction of sp³-hybridized carbons (Fsp3) is 0.727. The van der Waals surface area contributed by atoms with E-state index in [2.05, 4.69) is 5.32 Å². The summed E-state index contributed by atoms with van der Waals surface area (Å²) in [6, 6.07) is 0. The lowest BCUT2D eigenvalue weighted by molar-refractivity contribution is -0.130. The molecular weight excluding hydrogens is 210 g/mol. The summed E-state index contributed by atoms with van der Waals surface area (Å²) in [5, 5.41) is 2.44. The normalized spacial score (nSPS) is 18.3. The fourth-order valence-corrected chi connectivity index (χ4v) is 1.14. The first-order valence-corrected chi connectivity index (χ1v) is 5.41. The van der Waals surface area contributed by atoms with E-state index in [9.17, 15) is 14.4 Å². The van der Waals surface area contributed by atoms with Crippen LogP contribution in [0.15, 0.2) is 0 Å². The third-order valence-electron chi connectivity index (χ3n) is 2.32. The van der Waals surface area contributed by atoms with Gasteiger partial charge in [-0.15, -0.1) is 0 Å². The molecule has 0 saturated carbocycles. The highest BCUT2D eigenvalue weighted by Gasteiger charge is 2.26. The van der Waals surface area contributed by atoms with E-state index < -0.39 is 0 Å². The highest BCUT2D eigenvalue weighted by molar-refractivity contribution is 5.99. The highest BCUT2D eigenvalue weighted by atomic mass is 16.6. The summed E-state index contributed by atoms with van der Waals surface area (Å²) >= 11 is 0. The Bertz CT molecular complexity index is 294. The van der Waals surface area contributed by atoms with Gasteiger partial charge in [0.25, 0.3) is 0 Å². The van der Waals surface area contributed by atoms with Crippen molar-refractivity contribution in [3.8, 4) is 0 Å². The first kappa shape index (κ1) is 12.8. The zero-order chi connectivity index (χ0) is 12.1. The molecule has 0 spiro atoms. The highest BCUT2D eigenvalue weighted by Crippen LogP contribution is 2.14. The minimum absolute atomic E-state index is 0.00368. The van der Waals surface area contributed by atoms with E-state index >= 15 is 0 Å². The van der Waals surface area contributed by atoms with Gasteiger partial charge in [-0.3, -0.25) is 14.4 Å². The molecular formula is C11H17NO4. The van der Waals surface area contributed by atoms with Crippen molar-refractivity contribution >= 4 is 17.5 Å². The van der Waals surface area contributed by atoms with Gasteiger partial charge in [0.2, 0.25) is 5.91 Å². The summed E-state index contributed by atoms with van der Waals surface area (Å²) < 4.78 is 4.88. The molecule has 1 N–H and O–H groups in total. The standard InChI is InChI=1S/C11H17NO4/c1-7(2)10(14)5-12-11(15)4-8(13)3-9-6-16-9/h7,9H,3-6H2,1-2H3,(H,12,15). The molecule has 0 radical (unpaired) electrons. The Morgan fingerprint density at radius 2 is 2.00 bits per heavy atom. The summed E-state index contributed by atoms with van der Waals surface area (Å²) in [5.41, 5.74) is 0. The number of ether oxygens (including phenoxy) is 1. The van der Waals surface area contributed by atoms with Crippen molar-refractivity contribution in [2.75, 3.05) is 13.2 Å². The topological polar surface area (TPSA) is 75.8 Å². The van der Waals surface area contributed by atoms with Crippen LogP contribution in [-0.2, 0) is 19.1 Å². The number of nitrogens with one attached hydrogen (secondary N) is 1. The number of hydrogen-bond acceptors (Lipinski definition) is 4. The second kappa shape index (κ2) is 5.75. The van der Waals surface area contributed by atoms with E-state index in [1.165, 1.54) is 0 Å². The molecule has 5 nitrogen and oxygen atoms in total. The summed E-state index contributed by atoms with van der Waals surface area (Å²) in [6.07, 6.45) is 0.147. The Hall–Kier alpha value is -1.23. The van der Waals surface area contributed by atoms with Gasteiger partial charge in [0.15, 0.2) is 5.78 Å². The monoisotopic (exact) mass is 227 g/mol. The smallest absolute Gasteiger partial charge is 0.227 e. The molecule has 0 aromatic heterocycles. The van der Waals surface area contributed by atoms with Crippen LogP contribution in [-0.4, -0.2) is 36.7 Å². The van der Waals surface area contributed by atoms with Crippen LogP contribution in [0, 0.1) is 5.92 Å². The Labute approximate surface area is 94.5 Å². The van der Waals surface area contributed by atoms with Crippen molar-refractivity contribution in [3.05, 3.63) is 0 Å². The van der Waals surface area contributed by atoms with Gasteiger partial charge < -0.3 is 10.1 Å². The maximum Gasteiger partial charge on any atom is 0.227 e. The van der Waals surface area contributed by atoms with Crippen LogP contribution < -0.4 is 5.32 Å². The average Bonchev–Trinajstić information content (AvgIpc) is 2.97. The van der Waals surface area contributed by atoms with Crippen LogP contribution in [0.4, 0.5) is 0 Å². The Kier molecular flexibility index (Phi) is 4.61. The summed E-state index contributed by atoms with van der Waals surface area (Å²) in [6.45, 7) is 4.15. The van der Waals surface area contributed by atoms with Crippen LogP contribution in [0.25, 0.3) is 0 Å². The molecule has 1 saturated heterocycles. The van der Waals surface area contributed by atoms with Crippen molar-refractivity contribution in [2.45, 2.75) is 32.8 Å². The lowest BCUT2D eigenvalue weighted by Crippen LogP contribution is -2.32. The van der Waals surface area contributed by atoms with E-state index in [0.29, 0.717) is 13.0 Å². The molecule has 1 fully saturated rings. The van der Waals surface area contributed by atoms with E-state index in [-0.39, 0.29) is 42.5 Å². The van der Waals surface area contributed by atoms with Crippen molar-refractivity contribution in [1.82, 2.24) is 5.32 Å². The minimum atomic E-state index is -0.389. The second-order valence-electron chi connectivity index (χ2n) is 4.27. The molecule has 1 aliphatic heterocycles. The molecule has 0 aliphatic carbocycles.